The lowest BCUT2D eigenvalue weighted by Crippen LogP contribution is -2.13. The van der Waals surface area contributed by atoms with E-state index in [0.29, 0.717) is 11.6 Å². The first kappa shape index (κ1) is 18.3. The van der Waals surface area contributed by atoms with Crippen molar-refractivity contribution in [3.8, 4) is 5.75 Å². The molecule has 0 bridgehead atoms. The summed E-state index contributed by atoms with van der Waals surface area (Å²) in [4.78, 5) is 24.2. The Kier molecular flexibility index (Phi) is 6.23. The second kappa shape index (κ2) is 8.18. The van der Waals surface area contributed by atoms with Crippen LogP contribution in [0.3, 0.4) is 0 Å². The van der Waals surface area contributed by atoms with Gasteiger partial charge < -0.3 is 9.47 Å². The second-order valence-electron chi connectivity index (χ2n) is 5.54. The van der Waals surface area contributed by atoms with Crippen LogP contribution < -0.4 is 4.74 Å². The predicted octanol–water partition coefficient (Wildman–Crippen LogP) is 5.03. The molecule has 0 aliphatic heterocycles. The SMILES string of the molecule is CC(C)COC(=O)c1cccc(C(=O)Oc2ccc(Cl)cc2Cl)c1. The molecule has 0 amide bonds. The highest BCUT2D eigenvalue weighted by molar-refractivity contribution is 6.35. The Morgan fingerprint density at radius 1 is 1.00 bits per heavy atom. The molecule has 0 aliphatic carbocycles. The van der Waals surface area contributed by atoms with E-state index in [2.05, 4.69) is 0 Å². The minimum Gasteiger partial charge on any atom is -0.462 e. The fraction of sp³-hybridized carbons (Fsp3) is 0.222. The number of halogens is 2. The summed E-state index contributed by atoms with van der Waals surface area (Å²) in [7, 11) is 0. The van der Waals surface area contributed by atoms with Crippen LogP contribution in [0.5, 0.6) is 5.75 Å². The lowest BCUT2D eigenvalue weighted by atomic mass is 10.1. The van der Waals surface area contributed by atoms with Crippen LogP contribution in [-0.4, -0.2) is 18.5 Å². The van der Waals surface area contributed by atoms with Crippen molar-refractivity contribution in [3.63, 3.8) is 0 Å². The molecular formula is C18H16Cl2O4. The number of carbonyl (C=O) groups excluding carboxylic acids is 2. The molecule has 2 aromatic carbocycles. The van der Waals surface area contributed by atoms with E-state index in [1.807, 2.05) is 13.8 Å². The van der Waals surface area contributed by atoms with Crippen molar-refractivity contribution in [1.82, 2.24) is 0 Å². The van der Waals surface area contributed by atoms with Crippen LogP contribution in [0.1, 0.15) is 34.6 Å². The lowest BCUT2D eigenvalue weighted by Gasteiger charge is -2.09. The van der Waals surface area contributed by atoms with Crippen molar-refractivity contribution in [3.05, 3.63) is 63.6 Å². The van der Waals surface area contributed by atoms with E-state index in [1.165, 1.54) is 18.2 Å². The van der Waals surface area contributed by atoms with E-state index in [1.54, 1.807) is 24.3 Å². The van der Waals surface area contributed by atoms with E-state index < -0.39 is 11.9 Å². The molecule has 0 fully saturated rings. The maximum atomic E-state index is 12.2. The normalized spacial score (nSPS) is 10.5. The monoisotopic (exact) mass is 366 g/mol. The Balaban J connectivity index is 2.12. The first-order valence-electron chi connectivity index (χ1n) is 7.31. The number of esters is 2. The maximum absolute atomic E-state index is 12.2. The second-order valence-corrected chi connectivity index (χ2v) is 6.38. The standard InChI is InChI=1S/C18H16Cl2O4/c1-11(2)10-23-17(21)12-4-3-5-13(8-12)18(22)24-16-7-6-14(19)9-15(16)20/h3-9,11H,10H2,1-2H3. The molecule has 0 N–H and O–H groups in total. The van der Waals surface area contributed by atoms with Gasteiger partial charge in [0.25, 0.3) is 0 Å². The summed E-state index contributed by atoms with van der Waals surface area (Å²) < 4.78 is 10.4. The molecule has 0 saturated carbocycles. The third kappa shape index (κ3) is 4.98. The first-order chi connectivity index (χ1) is 11.4. The molecule has 0 heterocycles. The van der Waals surface area contributed by atoms with Gasteiger partial charge in [0.1, 0.15) is 5.75 Å². The molecule has 24 heavy (non-hydrogen) atoms. The molecule has 0 radical (unpaired) electrons. The van der Waals surface area contributed by atoms with Crippen LogP contribution in [0.25, 0.3) is 0 Å². The van der Waals surface area contributed by atoms with Gasteiger partial charge in [0, 0.05) is 5.02 Å². The summed E-state index contributed by atoms with van der Waals surface area (Å²) in [6.45, 7) is 4.20. The maximum Gasteiger partial charge on any atom is 0.343 e. The zero-order valence-corrected chi connectivity index (χ0v) is 14.7. The fourth-order valence-electron chi connectivity index (χ4n) is 1.82. The summed E-state index contributed by atoms with van der Waals surface area (Å²) in [6, 6.07) is 10.7. The molecule has 2 rings (SSSR count). The van der Waals surface area contributed by atoms with E-state index in [9.17, 15) is 9.59 Å². The minimum atomic E-state index is -0.627. The molecule has 6 heteroatoms. The van der Waals surface area contributed by atoms with Crippen LogP contribution in [0.4, 0.5) is 0 Å². The minimum absolute atomic E-state index is 0.193. The van der Waals surface area contributed by atoms with Crippen molar-refractivity contribution in [2.75, 3.05) is 6.61 Å². The third-order valence-electron chi connectivity index (χ3n) is 2.98. The molecule has 0 aromatic heterocycles. The van der Waals surface area contributed by atoms with Gasteiger partial charge in [-0.15, -0.1) is 0 Å². The average Bonchev–Trinajstić information content (AvgIpc) is 2.55. The Morgan fingerprint density at radius 3 is 2.29 bits per heavy atom. The highest BCUT2D eigenvalue weighted by atomic mass is 35.5. The molecule has 0 saturated heterocycles. The smallest absolute Gasteiger partial charge is 0.343 e. The number of rotatable bonds is 5. The third-order valence-corrected chi connectivity index (χ3v) is 3.51. The predicted molar refractivity (Wildman–Crippen MR) is 93.0 cm³/mol. The number of ether oxygens (including phenoxy) is 2. The first-order valence-corrected chi connectivity index (χ1v) is 8.07. The van der Waals surface area contributed by atoms with Gasteiger partial charge in [0.05, 0.1) is 22.8 Å². The largest absolute Gasteiger partial charge is 0.462 e. The van der Waals surface area contributed by atoms with Crippen molar-refractivity contribution in [2.24, 2.45) is 5.92 Å². The molecule has 0 atom stereocenters. The van der Waals surface area contributed by atoms with Crippen molar-refractivity contribution in [2.45, 2.75) is 13.8 Å². The van der Waals surface area contributed by atoms with Crippen LogP contribution in [-0.2, 0) is 4.74 Å². The van der Waals surface area contributed by atoms with Gasteiger partial charge >= 0.3 is 11.9 Å². The van der Waals surface area contributed by atoms with E-state index in [0.717, 1.165) is 0 Å². The molecule has 0 unspecified atom stereocenters. The van der Waals surface area contributed by atoms with Crippen LogP contribution >= 0.6 is 23.2 Å². The zero-order valence-electron chi connectivity index (χ0n) is 13.2. The van der Waals surface area contributed by atoms with Crippen molar-refractivity contribution >= 4 is 35.1 Å². The fourth-order valence-corrected chi connectivity index (χ4v) is 2.26. The molecule has 2 aromatic rings. The van der Waals surface area contributed by atoms with Crippen molar-refractivity contribution in [1.29, 1.82) is 0 Å². The molecular weight excluding hydrogens is 351 g/mol. The summed E-state index contributed by atoms with van der Waals surface area (Å²) in [5.74, 6) is -0.686. The highest BCUT2D eigenvalue weighted by Gasteiger charge is 2.15. The van der Waals surface area contributed by atoms with E-state index in [4.69, 9.17) is 32.7 Å². The topological polar surface area (TPSA) is 52.6 Å². The van der Waals surface area contributed by atoms with Crippen LogP contribution in [0.15, 0.2) is 42.5 Å². The van der Waals surface area contributed by atoms with Crippen molar-refractivity contribution < 1.29 is 19.1 Å². The summed E-state index contributed by atoms with van der Waals surface area (Å²) in [6.07, 6.45) is 0. The summed E-state index contributed by atoms with van der Waals surface area (Å²) >= 11 is 11.8. The number of hydrogen-bond donors (Lipinski definition) is 0. The molecule has 0 spiro atoms. The Bertz CT molecular complexity index is 756. The van der Waals surface area contributed by atoms with Crippen LogP contribution in [0.2, 0.25) is 10.0 Å². The Morgan fingerprint density at radius 2 is 1.67 bits per heavy atom. The van der Waals surface area contributed by atoms with E-state index >= 15 is 0 Å². The van der Waals surface area contributed by atoms with Gasteiger partial charge in [-0.05, 0) is 42.3 Å². The quantitative estimate of drug-likeness (QED) is 0.550. The van der Waals surface area contributed by atoms with Crippen LogP contribution in [0, 0.1) is 5.92 Å². The molecule has 0 aliphatic rings. The highest BCUT2D eigenvalue weighted by Crippen LogP contribution is 2.28. The van der Waals surface area contributed by atoms with Gasteiger partial charge in [-0.25, -0.2) is 9.59 Å². The molecule has 4 nitrogen and oxygen atoms in total. The Labute approximate surface area is 150 Å². The summed E-state index contributed by atoms with van der Waals surface area (Å²) in [5, 5.41) is 0.665. The van der Waals surface area contributed by atoms with Gasteiger partial charge in [-0.2, -0.15) is 0 Å². The number of hydrogen-bond acceptors (Lipinski definition) is 4. The number of benzene rings is 2. The average molecular weight is 367 g/mol. The van der Waals surface area contributed by atoms with Gasteiger partial charge in [0.15, 0.2) is 0 Å². The van der Waals surface area contributed by atoms with Gasteiger partial charge in [0.2, 0.25) is 0 Å². The Hall–Kier alpha value is -2.04. The molecule has 126 valence electrons. The summed E-state index contributed by atoms with van der Waals surface area (Å²) in [5.41, 5.74) is 0.507. The van der Waals surface area contributed by atoms with E-state index in [-0.39, 0.29) is 27.8 Å². The van der Waals surface area contributed by atoms with Gasteiger partial charge in [-0.1, -0.05) is 43.1 Å². The number of carbonyl (C=O) groups is 2. The zero-order chi connectivity index (χ0) is 17.7. The van der Waals surface area contributed by atoms with Gasteiger partial charge in [-0.3, -0.25) is 0 Å². The lowest BCUT2D eigenvalue weighted by molar-refractivity contribution is 0.0459.